The second kappa shape index (κ2) is 7.97. The predicted molar refractivity (Wildman–Crippen MR) is 106 cm³/mol. The lowest BCUT2D eigenvalue weighted by Crippen LogP contribution is -2.49. The Hall–Kier alpha value is -1.62. The molecule has 24 heavy (non-hydrogen) atoms. The number of nitrogens with one attached hydrogen (secondary N) is 1. The van der Waals surface area contributed by atoms with Gasteiger partial charge in [0.25, 0.3) is 0 Å². The van der Waals surface area contributed by atoms with E-state index in [9.17, 15) is 0 Å². The summed E-state index contributed by atoms with van der Waals surface area (Å²) in [7, 11) is 0. The fourth-order valence-corrected chi connectivity index (χ4v) is 3.44. The molecule has 126 valence electrons. The molecule has 5 heteroatoms. The van der Waals surface area contributed by atoms with Gasteiger partial charge in [0.15, 0.2) is 5.11 Å². The van der Waals surface area contributed by atoms with Crippen LogP contribution >= 0.6 is 23.8 Å². The van der Waals surface area contributed by atoms with E-state index >= 15 is 0 Å². The number of aryl methyl sites for hydroxylation is 1. The van der Waals surface area contributed by atoms with Gasteiger partial charge in [0.05, 0.1) is 0 Å². The molecule has 3 nitrogen and oxygen atoms in total. The van der Waals surface area contributed by atoms with Gasteiger partial charge in [-0.3, -0.25) is 4.90 Å². The molecule has 0 radical (unpaired) electrons. The second-order valence-electron chi connectivity index (χ2n) is 6.19. The summed E-state index contributed by atoms with van der Waals surface area (Å²) in [4.78, 5) is 4.68. The van der Waals surface area contributed by atoms with Gasteiger partial charge < -0.3 is 10.2 Å². The van der Waals surface area contributed by atoms with Crippen LogP contribution in [0, 0.1) is 6.92 Å². The molecule has 0 unspecified atom stereocenters. The first kappa shape index (κ1) is 17.2. The molecule has 0 atom stereocenters. The third-order valence-corrected chi connectivity index (χ3v) is 4.82. The minimum atomic E-state index is 0.801. The maximum atomic E-state index is 6.06. The maximum absolute atomic E-state index is 6.06. The van der Waals surface area contributed by atoms with Gasteiger partial charge in [0.2, 0.25) is 0 Å². The van der Waals surface area contributed by atoms with Crippen molar-refractivity contribution in [2.45, 2.75) is 13.5 Å². The molecule has 1 heterocycles. The molecule has 0 aromatic heterocycles. The fourth-order valence-electron chi connectivity index (χ4n) is 2.93. The number of halogens is 1. The molecule has 0 saturated carbocycles. The van der Waals surface area contributed by atoms with Crippen molar-refractivity contribution < 1.29 is 0 Å². The summed E-state index contributed by atoms with van der Waals surface area (Å²) in [6, 6.07) is 16.4. The van der Waals surface area contributed by atoms with Crippen molar-refractivity contribution in [1.29, 1.82) is 0 Å². The van der Waals surface area contributed by atoms with Crippen molar-refractivity contribution in [2.75, 3.05) is 31.5 Å². The third-order valence-electron chi connectivity index (χ3n) is 4.22. The van der Waals surface area contributed by atoms with E-state index in [4.69, 9.17) is 23.8 Å². The second-order valence-corrected chi connectivity index (χ2v) is 7.02. The Morgan fingerprint density at radius 3 is 2.54 bits per heavy atom. The predicted octanol–water partition coefficient (Wildman–Crippen LogP) is 4.16. The summed E-state index contributed by atoms with van der Waals surface area (Å²) in [5.41, 5.74) is 3.55. The van der Waals surface area contributed by atoms with Gasteiger partial charge in [0.1, 0.15) is 0 Å². The number of benzene rings is 2. The summed E-state index contributed by atoms with van der Waals surface area (Å²) in [5, 5.41) is 4.95. The van der Waals surface area contributed by atoms with Crippen LogP contribution < -0.4 is 5.32 Å². The Bertz CT molecular complexity index is 711. The summed E-state index contributed by atoms with van der Waals surface area (Å²) < 4.78 is 0. The Labute approximate surface area is 154 Å². The lowest BCUT2D eigenvalue weighted by atomic mass is 10.2. The zero-order valence-corrected chi connectivity index (χ0v) is 15.4. The number of nitrogens with zero attached hydrogens (tertiary/aromatic N) is 2. The number of hydrogen-bond acceptors (Lipinski definition) is 2. The zero-order valence-electron chi connectivity index (χ0n) is 13.8. The number of rotatable bonds is 3. The van der Waals surface area contributed by atoms with Gasteiger partial charge in [0, 0.05) is 43.4 Å². The highest BCUT2D eigenvalue weighted by Gasteiger charge is 2.19. The molecule has 0 aliphatic carbocycles. The summed E-state index contributed by atoms with van der Waals surface area (Å²) >= 11 is 11.6. The number of piperazine rings is 1. The normalized spacial score (nSPS) is 15.3. The molecular weight excluding hydrogens is 338 g/mol. The highest BCUT2D eigenvalue weighted by Crippen LogP contribution is 2.15. The Kier molecular flexibility index (Phi) is 5.72. The lowest BCUT2D eigenvalue weighted by molar-refractivity contribution is 0.177. The van der Waals surface area contributed by atoms with Crippen LogP contribution in [-0.2, 0) is 6.54 Å². The monoisotopic (exact) mass is 359 g/mol. The van der Waals surface area contributed by atoms with Crippen LogP contribution in [0.1, 0.15) is 11.1 Å². The molecule has 0 amide bonds. The van der Waals surface area contributed by atoms with E-state index in [0.29, 0.717) is 0 Å². The van der Waals surface area contributed by atoms with Crippen LogP contribution in [0.25, 0.3) is 0 Å². The summed E-state index contributed by atoms with van der Waals surface area (Å²) in [5.74, 6) is 0. The van der Waals surface area contributed by atoms with Crippen molar-refractivity contribution >= 4 is 34.6 Å². The largest absolute Gasteiger partial charge is 0.346 e. The fraction of sp³-hybridized carbons (Fsp3) is 0.316. The quantitative estimate of drug-likeness (QED) is 0.829. The smallest absolute Gasteiger partial charge is 0.173 e. The van der Waals surface area contributed by atoms with Gasteiger partial charge in [-0.2, -0.15) is 0 Å². The van der Waals surface area contributed by atoms with Gasteiger partial charge in [-0.1, -0.05) is 35.9 Å². The minimum absolute atomic E-state index is 0.801. The van der Waals surface area contributed by atoms with E-state index in [-0.39, 0.29) is 0 Å². The first-order chi connectivity index (χ1) is 11.6. The van der Waals surface area contributed by atoms with Crippen molar-refractivity contribution in [3.63, 3.8) is 0 Å². The molecule has 1 aliphatic rings. The van der Waals surface area contributed by atoms with E-state index in [1.54, 1.807) is 0 Å². The minimum Gasteiger partial charge on any atom is -0.346 e. The molecule has 2 aromatic rings. The maximum Gasteiger partial charge on any atom is 0.173 e. The van der Waals surface area contributed by atoms with Crippen LogP contribution in [0.3, 0.4) is 0 Å². The average molecular weight is 360 g/mol. The molecule has 1 N–H and O–H groups in total. The molecule has 0 spiro atoms. The Morgan fingerprint density at radius 2 is 1.83 bits per heavy atom. The van der Waals surface area contributed by atoms with Crippen LogP contribution in [-0.4, -0.2) is 41.1 Å². The average Bonchev–Trinajstić information content (AvgIpc) is 2.55. The van der Waals surface area contributed by atoms with Crippen LogP contribution in [0.5, 0.6) is 0 Å². The van der Waals surface area contributed by atoms with Crippen molar-refractivity contribution in [1.82, 2.24) is 9.80 Å². The van der Waals surface area contributed by atoms with Crippen molar-refractivity contribution in [3.05, 3.63) is 64.7 Å². The summed E-state index contributed by atoms with van der Waals surface area (Å²) in [6.45, 7) is 6.91. The van der Waals surface area contributed by atoms with E-state index < -0.39 is 0 Å². The Morgan fingerprint density at radius 1 is 1.08 bits per heavy atom. The van der Waals surface area contributed by atoms with Gasteiger partial charge in [-0.05, 0) is 54.5 Å². The summed E-state index contributed by atoms with van der Waals surface area (Å²) in [6.07, 6.45) is 0. The van der Waals surface area contributed by atoms with Crippen molar-refractivity contribution in [3.8, 4) is 0 Å². The van der Waals surface area contributed by atoms with Gasteiger partial charge in [-0.25, -0.2) is 0 Å². The SMILES string of the molecule is Cc1cccc(NC(=S)N2CCN(Cc3cccc(Cl)c3)CC2)c1. The van der Waals surface area contributed by atoms with Crippen molar-refractivity contribution in [2.24, 2.45) is 0 Å². The Balaban J connectivity index is 1.50. The molecular formula is C19H22ClN3S. The number of hydrogen-bond donors (Lipinski definition) is 1. The van der Waals surface area contributed by atoms with E-state index in [1.807, 2.05) is 24.3 Å². The van der Waals surface area contributed by atoms with Gasteiger partial charge >= 0.3 is 0 Å². The molecule has 1 saturated heterocycles. The zero-order chi connectivity index (χ0) is 16.9. The van der Waals surface area contributed by atoms with Gasteiger partial charge in [-0.15, -0.1) is 0 Å². The molecule has 2 aromatic carbocycles. The molecule has 0 bridgehead atoms. The van der Waals surface area contributed by atoms with Crippen LogP contribution in [0.15, 0.2) is 48.5 Å². The highest BCUT2D eigenvalue weighted by atomic mass is 35.5. The van der Waals surface area contributed by atoms with E-state index in [2.05, 4.69) is 46.3 Å². The number of thiocarbonyl (C=S) groups is 1. The molecule has 1 fully saturated rings. The standard InChI is InChI=1S/C19H22ClN3S/c1-15-4-2-7-18(12-15)21-19(24)23-10-8-22(9-11-23)14-16-5-3-6-17(20)13-16/h2-7,12-13H,8-11,14H2,1H3,(H,21,24). The van der Waals surface area contributed by atoms with E-state index in [1.165, 1.54) is 11.1 Å². The topological polar surface area (TPSA) is 18.5 Å². The van der Waals surface area contributed by atoms with E-state index in [0.717, 1.165) is 48.5 Å². The third kappa shape index (κ3) is 4.69. The lowest BCUT2D eigenvalue weighted by Gasteiger charge is -2.36. The van der Waals surface area contributed by atoms with Crippen LogP contribution in [0.2, 0.25) is 5.02 Å². The highest BCUT2D eigenvalue weighted by molar-refractivity contribution is 7.80. The van der Waals surface area contributed by atoms with Crippen LogP contribution in [0.4, 0.5) is 5.69 Å². The molecule has 1 aliphatic heterocycles. The number of anilines is 1. The first-order valence-corrected chi connectivity index (χ1v) is 8.98. The molecule has 3 rings (SSSR count). The first-order valence-electron chi connectivity index (χ1n) is 8.19.